The number of benzene rings is 2. The zero-order chi connectivity index (χ0) is 17.8. The fourth-order valence-electron chi connectivity index (χ4n) is 3.11. The topological polar surface area (TPSA) is 90.5 Å². The van der Waals surface area contributed by atoms with Crippen LogP contribution in [0.2, 0.25) is 0 Å². The van der Waals surface area contributed by atoms with Gasteiger partial charge in [-0.25, -0.2) is 4.79 Å². The number of carbonyl (C=O) groups is 2. The number of fused-ring (bicyclic) bond motifs is 1. The molecule has 2 aromatic rings. The third-order valence-corrected chi connectivity index (χ3v) is 4.39. The van der Waals surface area contributed by atoms with Gasteiger partial charge in [-0.15, -0.1) is 0 Å². The second-order valence-corrected chi connectivity index (χ2v) is 6.05. The van der Waals surface area contributed by atoms with E-state index in [9.17, 15) is 14.7 Å². The van der Waals surface area contributed by atoms with Gasteiger partial charge in [0.05, 0.1) is 18.6 Å². The quantitative estimate of drug-likeness (QED) is 0.684. The third kappa shape index (κ3) is 3.80. The van der Waals surface area contributed by atoms with Gasteiger partial charge in [-0.2, -0.15) is 0 Å². The third-order valence-electron chi connectivity index (χ3n) is 4.39. The molecule has 0 heterocycles. The molecule has 3 amide bonds. The van der Waals surface area contributed by atoms with Gasteiger partial charge < -0.3 is 21.1 Å². The molecule has 0 aromatic heterocycles. The van der Waals surface area contributed by atoms with Crippen molar-refractivity contribution in [3.63, 3.8) is 0 Å². The van der Waals surface area contributed by atoms with Gasteiger partial charge in [-0.05, 0) is 22.8 Å². The molecule has 0 radical (unpaired) electrons. The number of rotatable bonds is 4. The van der Waals surface area contributed by atoms with Crippen molar-refractivity contribution >= 4 is 17.6 Å². The van der Waals surface area contributed by atoms with Crippen LogP contribution in [0.5, 0.6) is 0 Å². The predicted molar refractivity (Wildman–Crippen MR) is 95.3 cm³/mol. The zero-order valence-corrected chi connectivity index (χ0v) is 14.0. The van der Waals surface area contributed by atoms with Gasteiger partial charge in [-0.3, -0.25) is 4.79 Å². The van der Waals surface area contributed by atoms with E-state index >= 15 is 0 Å². The van der Waals surface area contributed by atoms with Crippen LogP contribution < -0.4 is 16.0 Å². The Morgan fingerprint density at radius 2 is 1.84 bits per heavy atom. The molecule has 1 aliphatic rings. The summed E-state index contributed by atoms with van der Waals surface area (Å²) in [6, 6.07) is 14.0. The highest BCUT2D eigenvalue weighted by Gasteiger charge is 2.31. The maximum absolute atomic E-state index is 12.4. The lowest BCUT2D eigenvalue weighted by molar-refractivity contribution is -0.119. The van der Waals surface area contributed by atoms with Crippen LogP contribution >= 0.6 is 0 Å². The molecule has 0 fully saturated rings. The minimum Gasteiger partial charge on any atom is -0.390 e. The number of hydrogen-bond acceptors (Lipinski definition) is 3. The molecule has 2 aromatic carbocycles. The Balaban J connectivity index is 1.71. The first kappa shape index (κ1) is 17.0. The SMILES string of the molecule is CNC(=O)Cc1ccccc1NC(=O)N[C@H]1c2ccccc2C[C@H]1O. The van der Waals surface area contributed by atoms with Crippen LogP contribution in [-0.4, -0.2) is 30.2 Å². The molecule has 130 valence electrons. The summed E-state index contributed by atoms with van der Waals surface area (Å²) in [6.07, 6.45) is 0.0558. The lowest BCUT2D eigenvalue weighted by Crippen LogP contribution is -2.37. The zero-order valence-electron chi connectivity index (χ0n) is 14.0. The largest absolute Gasteiger partial charge is 0.390 e. The second-order valence-electron chi connectivity index (χ2n) is 6.05. The minimum atomic E-state index is -0.649. The predicted octanol–water partition coefficient (Wildman–Crippen LogP) is 1.75. The van der Waals surface area contributed by atoms with Crippen molar-refractivity contribution in [2.24, 2.45) is 0 Å². The van der Waals surface area contributed by atoms with E-state index in [2.05, 4.69) is 16.0 Å². The Morgan fingerprint density at radius 1 is 1.12 bits per heavy atom. The van der Waals surface area contributed by atoms with E-state index in [1.807, 2.05) is 30.3 Å². The molecule has 3 rings (SSSR count). The lowest BCUT2D eigenvalue weighted by atomic mass is 10.1. The molecule has 2 atom stereocenters. The summed E-state index contributed by atoms with van der Waals surface area (Å²) in [6.45, 7) is 0. The molecule has 0 saturated heterocycles. The Bertz CT molecular complexity index is 791. The number of hydrogen-bond donors (Lipinski definition) is 4. The lowest BCUT2D eigenvalue weighted by Gasteiger charge is -2.19. The van der Waals surface area contributed by atoms with E-state index in [1.165, 1.54) is 0 Å². The maximum atomic E-state index is 12.4. The van der Waals surface area contributed by atoms with E-state index in [-0.39, 0.29) is 12.3 Å². The number of amides is 3. The van der Waals surface area contributed by atoms with E-state index in [0.717, 1.165) is 16.7 Å². The van der Waals surface area contributed by atoms with Crippen LogP contribution in [0.1, 0.15) is 22.7 Å². The van der Waals surface area contributed by atoms with Crippen molar-refractivity contribution in [1.29, 1.82) is 0 Å². The molecule has 6 nitrogen and oxygen atoms in total. The second kappa shape index (κ2) is 7.36. The van der Waals surface area contributed by atoms with E-state index in [1.54, 1.807) is 25.2 Å². The molecule has 25 heavy (non-hydrogen) atoms. The van der Waals surface area contributed by atoms with Gasteiger partial charge in [-0.1, -0.05) is 42.5 Å². The number of anilines is 1. The number of urea groups is 1. The van der Waals surface area contributed by atoms with E-state index < -0.39 is 18.2 Å². The smallest absolute Gasteiger partial charge is 0.319 e. The number of carbonyl (C=O) groups excluding carboxylic acids is 2. The fraction of sp³-hybridized carbons (Fsp3) is 0.263. The number of likely N-dealkylation sites (N-methyl/N-ethyl adjacent to an activating group) is 1. The van der Waals surface area contributed by atoms with Crippen molar-refractivity contribution < 1.29 is 14.7 Å². The highest BCUT2D eigenvalue weighted by atomic mass is 16.3. The Labute approximate surface area is 146 Å². The number of aliphatic hydroxyl groups is 1. The average Bonchev–Trinajstić information content (AvgIpc) is 2.92. The van der Waals surface area contributed by atoms with Crippen LogP contribution in [0.4, 0.5) is 10.5 Å². The van der Waals surface area contributed by atoms with Crippen molar-refractivity contribution in [3.8, 4) is 0 Å². The van der Waals surface area contributed by atoms with Crippen molar-refractivity contribution in [1.82, 2.24) is 10.6 Å². The molecule has 0 unspecified atom stereocenters. The molecule has 0 bridgehead atoms. The van der Waals surface area contributed by atoms with Crippen LogP contribution in [-0.2, 0) is 17.6 Å². The van der Waals surface area contributed by atoms with Crippen LogP contribution in [0.3, 0.4) is 0 Å². The Morgan fingerprint density at radius 3 is 2.64 bits per heavy atom. The number of aliphatic hydroxyl groups excluding tert-OH is 1. The Hall–Kier alpha value is -2.86. The van der Waals surface area contributed by atoms with Crippen LogP contribution in [0.25, 0.3) is 0 Å². The maximum Gasteiger partial charge on any atom is 0.319 e. The van der Waals surface area contributed by atoms with Gasteiger partial charge in [0.25, 0.3) is 0 Å². The van der Waals surface area contributed by atoms with Crippen molar-refractivity contribution in [3.05, 3.63) is 65.2 Å². The van der Waals surface area contributed by atoms with Gasteiger partial charge in [0.15, 0.2) is 0 Å². The molecule has 6 heteroatoms. The monoisotopic (exact) mass is 339 g/mol. The van der Waals surface area contributed by atoms with Crippen LogP contribution in [0.15, 0.2) is 48.5 Å². The molecule has 0 spiro atoms. The summed E-state index contributed by atoms with van der Waals surface area (Å²) in [5.41, 5.74) is 3.28. The molecule has 4 N–H and O–H groups in total. The van der Waals surface area contributed by atoms with Gasteiger partial charge in [0.2, 0.25) is 5.91 Å². The summed E-state index contributed by atoms with van der Waals surface area (Å²) in [5, 5.41) is 18.4. The highest BCUT2D eigenvalue weighted by molar-refractivity contribution is 5.91. The normalized spacial score (nSPS) is 18.3. The molecule has 0 aliphatic heterocycles. The van der Waals surface area contributed by atoms with Crippen molar-refractivity contribution in [2.45, 2.75) is 25.0 Å². The first-order valence-electron chi connectivity index (χ1n) is 8.20. The fourth-order valence-corrected chi connectivity index (χ4v) is 3.11. The van der Waals surface area contributed by atoms with Crippen LogP contribution in [0, 0.1) is 0 Å². The first-order valence-corrected chi connectivity index (χ1v) is 8.20. The standard InChI is InChI=1S/C19H21N3O3/c1-20-17(24)11-13-7-3-5-9-15(13)21-19(25)22-18-14-8-4-2-6-12(14)10-16(18)23/h2-9,16,18,23H,10-11H2,1H3,(H,20,24)(H2,21,22,25)/t16-,18+/m1/s1. The number of para-hydroxylation sites is 1. The molecular formula is C19H21N3O3. The Kier molecular flexibility index (Phi) is 5.00. The summed E-state index contributed by atoms with van der Waals surface area (Å²) in [4.78, 5) is 24.0. The summed E-state index contributed by atoms with van der Waals surface area (Å²) in [7, 11) is 1.57. The summed E-state index contributed by atoms with van der Waals surface area (Å²) < 4.78 is 0. The average molecular weight is 339 g/mol. The van der Waals surface area contributed by atoms with Gasteiger partial charge in [0, 0.05) is 19.2 Å². The van der Waals surface area contributed by atoms with Gasteiger partial charge in [0.1, 0.15) is 0 Å². The molecule has 1 aliphatic carbocycles. The highest BCUT2D eigenvalue weighted by Crippen LogP contribution is 2.31. The minimum absolute atomic E-state index is 0.130. The molecule has 0 saturated carbocycles. The first-order chi connectivity index (χ1) is 12.1. The number of nitrogens with one attached hydrogen (secondary N) is 3. The summed E-state index contributed by atoms with van der Waals surface area (Å²) in [5.74, 6) is -0.130. The summed E-state index contributed by atoms with van der Waals surface area (Å²) >= 11 is 0. The van der Waals surface area contributed by atoms with Gasteiger partial charge >= 0.3 is 6.03 Å². The molecular weight excluding hydrogens is 318 g/mol. The van der Waals surface area contributed by atoms with E-state index in [0.29, 0.717) is 12.1 Å². The van der Waals surface area contributed by atoms with Crippen molar-refractivity contribution in [2.75, 3.05) is 12.4 Å². The van der Waals surface area contributed by atoms with E-state index in [4.69, 9.17) is 0 Å².